The Hall–Kier alpha value is -0.120. The van der Waals surface area contributed by atoms with Gasteiger partial charge in [-0.2, -0.15) is 0 Å². The van der Waals surface area contributed by atoms with Crippen LogP contribution in [0.25, 0.3) is 0 Å². The van der Waals surface area contributed by atoms with E-state index in [0.29, 0.717) is 6.61 Å². The molecule has 3 nitrogen and oxygen atoms in total. The van der Waals surface area contributed by atoms with Gasteiger partial charge in [0.1, 0.15) is 0 Å². The highest BCUT2D eigenvalue weighted by Gasteiger charge is 2.39. The monoisotopic (exact) mass is 241 g/mol. The van der Waals surface area contributed by atoms with Gasteiger partial charge in [0.25, 0.3) is 0 Å². The molecule has 0 spiro atoms. The largest absolute Gasteiger partial charge is 0.396 e. The van der Waals surface area contributed by atoms with Crippen LogP contribution in [0.2, 0.25) is 0 Å². The first kappa shape index (κ1) is 13.3. The molecule has 0 radical (unpaired) electrons. The molecular weight excluding hydrogens is 214 g/mol. The Bertz CT molecular complexity index is 251. The summed E-state index contributed by atoms with van der Waals surface area (Å²) in [5, 5.41) is 13.4. The number of nitrogens with one attached hydrogen (secondary N) is 1. The van der Waals surface area contributed by atoms with Gasteiger partial charge in [-0.15, -0.1) is 0 Å². The maximum absolute atomic E-state index is 9.69. The second-order valence-electron chi connectivity index (χ2n) is 6.25. The molecule has 17 heavy (non-hydrogen) atoms. The molecule has 3 heteroatoms. The average Bonchev–Trinajstić information content (AvgIpc) is 2.69. The molecule has 100 valence electrons. The van der Waals surface area contributed by atoms with Gasteiger partial charge in [0.05, 0.1) is 6.10 Å². The predicted octanol–water partition coefficient (Wildman–Crippen LogP) is 2.09. The van der Waals surface area contributed by atoms with Crippen molar-refractivity contribution in [3.63, 3.8) is 0 Å². The Morgan fingerprint density at radius 1 is 1.24 bits per heavy atom. The zero-order chi connectivity index (χ0) is 12.4. The van der Waals surface area contributed by atoms with E-state index in [1.165, 1.54) is 32.1 Å². The van der Waals surface area contributed by atoms with E-state index in [1.54, 1.807) is 0 Å². The minimum atomic E-state index is 0.0968. The average molecular weight is 241 g/mol. The molecule has 1 saturated heterocycles. The normalized spacial score (nSPS) is 37.2. The highest BCUT2D eigenvalue weighted by molar-refractivity contribution is 4.96. The van der Waals surface area contributed by atoms with Crippen LogP contribution in [0.5, 0.6) is 0 Å². The molecule has 2 N–H and O–H groups in total. The molecule has 0 bridgehead atoms. The van der Waals surface area contributed by atoms with Crippen LogP contribution in [-0.2, 0) is 4.74 Å². The second-order valence-corrected chi connectivity index (χ2v) is 6.25. The van der Waals surface area contributed by atoms with Gasteiger partial charge in [0, 0.05) is 30.7 Å². The van der Waals surface area contributed by atoms with E-state index >= 15 is 0 Å². The van der Waals surface area contributed by atoms with Crippen molar-refractivity contribution in [3.05, 3.63) is 0 Å². The lowest BCUT2D eigenvalue weighted by Gasteiger charge is -2.40. The van der Waals surface area contributed by atoms with E-state index in [4.69, 9.17) is 4.74 Å². The Balaban J connectivity index is 1.91. The summed E-state index contributed by atoms with van der Waals surface area (Å²) < 4.78 is 5.65. The lowest BCUT2D eigenvalue weighted by molar-refractivity contribution is 0.0533. The van der Waals surface area contributed by atoms with Crippen LogP contribution in [0.4, 0.5) is 0 Å². The lowest BCUT2D eigenvalue weighted by atomic mass is 9.74. The van der Waals surface area contributed by atoms with Crippen LogP contribution in [0.3, 0.4) is 0 Å². The SMILES string of the molecule is CC1OCCC1(C)NCC1(CO)CCCCC1. The quantitative estimate of drug-likeness (QED) is 0.792. The van der Waals surface area contributed by atoms with Crippen LogP contribution in [0.1, 0.15) is 52.4 Å². The molecule has 2 fully saturated rings. The summed E-state index contributed by atoms with van der Waals surface area (Å²) in [5.41, 5.74) is 0.225. The summed E-state index contributed by atoms with van der Waals surface area (Å²) >= 11 is 0. The Morgan fingerprint density at radius 3 is 2.47 bits per heavy atom. The van der Waals surface area contributed by atoms with E-state index in [9.17, 15) is 5.11 Å². The molecular formula is C14H27NO2. The first-order valence-electron chi connectivity index (χ1n) is 7.08. The second kappa shape index (κ2) is 5.25. The fourth-order valence-corrected chi connectivity index (χ4v) is 3.15. The minimum Gasteiger partial charge on any atom is -0.396 e. The van der Waals surface area contributed by atoms with Crippen molar-refractivity contribution in [2.24, 2.45) is 5.41 Å². The molecule has 1 aliphatic heterocycles. The minimum absolute atomic E-state index is 0.0968. The first-order chi connectivity index (χ1) is 8.10. The molecule has 0 aromatic heterocycles. The van der Waals surface area contributed by atoms with Gasteiger partial charge in [-0.3, -0.25) is 0 Å². The number of rotatable bonds is 4. The van der Waals surface area contributed by atoms with E-state index in [2.05, 4.69) is 19.2 Å². The predicted molar refractivity (Wildman–Crippen MR) is 69.0 cm³/mol. The topological polar surface area (TPSA) is 41.5 Å². The smallest absolute Gasteiger partial charge is 0.0726 e. The van der Waals surface area contributed by atoms with Gasteiger partial charge in [0.2, 0.25) is 0 Å². The van der Waals surface area contributed by atoms with Crippen molar-refractivity contribution in [1.82, 2.24) is 5.32 Å². The van der Waals surface area contributed by atoms with Crippen LogP contribution in [0.15, 0.2) is 0 Å². The van der Waals surface area contributed by atoms with Gasteiger partial charge in [-0.05, 0) is 33.1 Å². The van der Waals surface area contributed by atoms with E-state index in [-0.39, 0.29) is 17.1 Å². The number of aliphatic hydroxyl groups excluding tert-OH is 1. The molecule has 0 amide bonds. The van der Waals surface area contributed by atoms with E-state index in [0.717, 1.165) is 19.6 Å². The number of hydrogen-bond acceptors (Lipinski definition) is 3. The van der Waals surface area contributed by atoms with Gasteiger partial charge in [0.15, 0.2) is 0 Å². The third kappa shape index (κ3) is 2.83. The molecule has 1 heterocycles. The van der Waals surface area contributed by atoms with E-state index in [1.807, 2.05) is 0 Å². The Morgan fingerprint density at radius 2 is 1.94 bits per heavy atom. The van der Waals surface area contributed by atoms with Crippen molar-refractivity contribution in [3.8, 4) is 0 Å². The maximum atomic E-state index is 9.69. The van der Waals surface area contributed by atoms with Crippen LogP contribution < -0.4 is 5.32 Å². The summed E-state index contributed by atoms with van der Waals surface area (Å²) in [6.07, 6.45) is 7.57. The molecule has 1 saturated carbocycles. The van der Waals surface area contributed by atoms with Crippen molar-refractivity contribution >= 4 is 0 Å². The summed E-state index contributed by atoms with van der Waals surface area (Å²) in [5.74, 6) is 0. The van der Waals surface area contributed by atoms with Gasteiger partial charge in [-0.25, -0.2) is 0 Å². The summed E-state index contributed by atoms with van der Waals surface area (Å²) in [6, 6.07) is 0. The van der Waals surface area contributed by atoms with Gasteiger partial charge in [-0.1, -0.05) is 19.3 Å². The van der Waals surface area contributed by atoms with Crippen molar-refractivity contribution in [1.29, 1.82) is 0 Å². The fraction of sp³-hybridized carbons (Fsp3) is 1.00. The summed E-state index contributed by atoms with van der Waals surface area (Å²) in [7, 11) is 0. The number of aliphatic hydroxyl groups is 1. The van der Waals surface area contributed by atoms with Gasteiger partial charge < -0.3 is 15.2 Å². The zero-order valence-electron chi connectivity index (χ0n) is 11.3. The van der Waals surface area contributed by atoms with Crippen LogP contribution in [0, 0.1) is 5.41 Å². The standard InChI is InChI=1S/C14H27NO2/c1-12-13(2,8-9-17-12)15-10-14(11-16)6-4-3-5-7-14/h12,15-16H,3-11H2,1-2H3. The highest BCUT2D eigenvalue weighted by Crippen LogP contribution is 2.36. The molecule has 0 aromatic rings. The van der Waals surface area contributed by atoms with Crippen LogP contribution in [-0.4, -0.2) is 36.5 Å². The van der Waals surface area contributed by atoms with Crippen molar-refractivity contribution in [2.75, 3.05) is 19.8 Å². The summed E-state index contributed by atoms with van der Waals surface area (Å²) in [6.45, 7) is 6.51. The lowest BCUT2D eigenvalue weighted by Crippen LogP contribution is -2.53. The number of hydrogen-bond donors (Lipinski definition) is 2. The first-order valence-corrected chi connectivity index (χ1v) is 7.08. The molecule has 2 rings (SSSR count). The molecule has 0 aromatic carbocycles. The maximum Gasteiger partial charge on any atom is 0.0726 e. The highest BCUT2D eigenvalue weighted by atomic mass is 16.5. The zero-order valence-corrected chi connectivity index (χ0v) is 11.3. The fourth-order valence-electron chi connectivity index (χ4n) is 3.15. The van der Waals surface area contributed by atoms with Crippen LogP contribution >= 0.6 is 0 Å². The molecule has 1 aliphatic carbocycles. The Labute approximate surface area is 105 Å². The van der Waals surface area contributed by atoms with Crippen molar-refractivity contribution < 1.29 is 9.84 Å². The molecule has 2 unspecified atom stereocenters. The van der Waals surface area contributed by atoms with Crippen molar-refractivity contribution in [2.45, 2.75) is 64.0 Å². The Kier molecular flexibility index (Phi) is 4.11. The summed E-state index contributed by atoms with van der Waals surface area (Å²) in [4.78, 5) is 0. The number of ether oxygens (including phenoxy) is 1. The van der Waals surface area contributed by atoms with E-state index < -0.39 is 0 Å². The molecule has 2 aliphatic rings. The third-order valence-electron chi connectivity index (χ3n) is 5.00. The van der Waals surface area contributed by atoms with Gasteiger partial charge >= 0.3 is 0 Å². The third-order valence-corrected chi connectivity index (χ3v) is 5.00. The molecule has 2 atom stereocenters.